The van der Waals surface area contributed by atoms with Gasteiger partial charge in [-0.15, -0.1) is 0 Å². The molecule has 3 heteroatoms. The Bertz CT molecular complexity index is 949. The van der Waals surface area contributed by atoms with Crippen molar-refractivity contribution in [2.45, 2.75) is 6.04 Å². The maximum Gasteiger partial charge on any atom is 0.259 e. The summed E-state index contributed by atoms with van der Waals surface area (Å²) < 4.78 is 0.962. The molecule has 1 aliphatic rings. The van der Waals surface area contributed by atoms with E-state index in [1.54, 1.807) is 0 Å². The van der Waals surface area contributed by atoms with Crippen LogP contribution < -0.4 is 0 Å². The minimum absolute atomic E-state index is 0.0182. The maximum absolute atomic E-state index is 13.3. The quantitative estimate of drug-likeness (QED) is 0.485. The van der Waals surface area contributed by atoms with E-state index in [1.165, 1.54) is 0 Å². The number of nitrogens with zero attached hydrogens (tertiary/aromatic N) is 1. The first-order chi connectivity index (χ1) is 12.3. The van der Waals surface area contributed by atoms with E-state index >= 15 is 0 Å². The normalized spacial score (nSPS) is 15.7. The Morgan fingerprint density at radius 2 is 1.52 bits per heavy atom. The molecule has 1 atom stereocenters. The van der Waals surface area contributed by atoms with Gasteiger partial charge < -0.3 is 4.90 Å². The molecule has 25 heavy (non-hydrogen) atoms. The summed E-state index contributed by atoms with van der Waals surface area (Å²) >= 11 is 2.22. The lowest BCUT2D eigenvalue weighted by Gasteiger charge is -2.34. The van der Waals surface area contributed by atoms with E-state index in [-0.39, 0.29) is 11.9 Å². The van der Waals surface area contributed by atoms with Crippen LogP contribution in [-0.2, 0) is 0 Å². The highest BCUT2D eigenvalue weighted by Crippen LogP contribution is 2.36. The zero-order valence-corrected chi connectivity index (χ0v) is 15.6. The van der Waals surface area contributed by atoms with E-state index < -0.39 is 0 Å². The molecule has 122 valence electrons. The lowest BCUT2D eigenvalue weighted by Crippen LogP contribution is -2.33. The molecule has 2 nitrogen and oxygen atoms in total. The molecule has 0 saturated carbocycles. The van der Waals surface area contributed by atoms with E-state index in [2.05, 4.69) is 46.9 Å². The van der Waals surface area contributed by atoms with E-state index in [0.29, 0.717) is 0 Å². The highest BCUT2D eigenvalue weighted by atomic mass is 127. The van der Waals surface area contributed by atoms with Crippen molar-refractivity contribution in [3.8, 4) is 0 Å². The molecule has 0 aliphatic carbocycles. The molecule has 3 aromatic rings. The van der Waals surface area contributed by atoms with Gasteiger partial charge in [0.2, 0.25) is 0 Å². The Morgan fingerprint density at radius 3 is 2.32 bits per heavy atom. The summed E-state index contributed by atoms with van der Waals surface area (Å²) in [5.41, 5.74) is 4.14. The maximum atomic E-state index is 13.3. The van der Waals surface area contributed by atoms with Gasteiger partial charge in [-0.25, -0.2) is 0 Å². The van der Waals surface area contributed by atoms with Crippen LogP contribution in [-0.4, -0.2) is 10.8 Å². The Morgan fingerprint density at radius 1 is 0.840 bits per heavy atom. The number of rotatable bonds is 2. The lowest BCUT2D eigenvalue weighted by molar-refractivity contribution is 0.0786. The van der Waals surface area contributed by atoms with Gasteiger partial charge in [-0.2, -0.15) is 0 Å². The Balaban J connectivity index is 1.84. The van der Waals surface area contributed by atoms with E-state index in [4.69, 9.17) is 0 Å². The second-order valence-corrected chi connectivity index (χ2v) is 7.11. The van der Waals surface area contributed by atoms with Gasteiger partial charge in [0.25, 0.3) is 5.91 Å². The summed E-state index contributed by atoms with van der Waals surface area (Å²) in [5, 5.41) is 0. The largest absolute Gasteiger partial charge is 0.303 e. The first kappa shape index (κ1) is 16.1. The van der Waals surface area contributed by atoms with Gasteiger partial charge in [0.05, 0.1) is 11.6 Å². The monoisotopic (exact) mass is 437 g/mol. The Labute approximate surface area is 160 Å². The first-order valence-electron chi connectivity index (χ1n) is 8.15. The van der Waals surface area contributed by atoms with Gasteiger partial charge in [-0.1, -0.05) is 66.7 Å². The molecular weight excluding hydrogens is 421 g/mol. The highest BCUT2D eigenvalue weighted by Gasteiger charge is 2.30. The fourth-order valence-corrected chi connectivity index (χ4v) is 3.86. The molecule has 1 heterocycles. The van der Waals surface area contributed by atoms with Crippen molar-refractivity contribution in [3.05, 3.63) is 111 Å². The molecule has 0 spiro atoms. The number of fused-ring (bicyclic) bond motifs is 1. The average Bonchev–Trinajstić information content (AvgIpc) is 2.67. The van der Waals surface area contributed by atoms with Crippen LogP contribution in [0, 0.1) is 3.57 Å². The van der Waals surface area contributed by atoms with E-state index in [9.17, 15) is 4.79 Å². The van der Waals surface area contributed by atoms with Gasteiger partial charge in [-0.05, 0) is 57.5 Å². The van der Waals surface area contributed by atoms with Crippen molar-refractivity contribution < 1.29 is 4.79 Å². The summed E-state index contributed by atoms with van der Waals surface area (Å²) in [6, 6.07) is 26.1. The SMILES string of the molecule is O=C(c1ccccc1I)N1C=Cc2ccccc2C1c1ccccc1. The summed E-state index contributed by atoms with van der Waals surface area (Å²) in [7, 11) is 0. The number of amides is 1. The molecule has 0 fully saturated rings. The van der Waals surface area contributed by atoms with Crippen LogP contribution in [0.1, 0.15) is 33.1 Å². The molecule has 0 radical (unpaired) electrons. The summed E-state index contributed by atoms with van der Waals surface area (Å²) in [6.07, 6.45) is 3.92. The number of halogens is 1. The number of carbonyl (C=O) groups is 1. The topological polar surface area (TPSA) is 20.3 Å². The van der Waals surface area contributed by atoms with Crippen LogP contribution in [0.4, 0.5) is 0 Å². The summed E-state index contributed by atoms with van der Waals surface area (Å²) in [4.78, 5) is 15.1. The molecule has 1 unspecified atom stereocenters. The van der Waals surface area contributed by atoms with Gasteiger partial charge in [0, 0.05) is 9.77 Å². The van der Waals surface area contributed by atoms with E-state index in [0.717, 1.165) is 25.8 Å². The number of hydrogen-bond donors (Lipinski definition) is 0. The third-order valence-corrected chi connectivity index (χ3v) is 5.38. The lowest BCUT2D eigenvalue weighted by atomic mass is 9.90. The number of carbonyl (C=O) groups excluding carboxylic acids is 1. The molecule has 1 aliphatic heterocycles. The van der Waals surface area contributed by atoms with Crippen molar-refractivity contribution in [2.75, 3.05) is 0 Å². The molecule has 1 amide bonds. The fraction of sp³-hybridized carbons (Fsp3) is 0.0455. The van der Waals surface area contributed by atoms with Crippen molar-refractivity contribution in [1.82, 2.24) is 4.90 Å². The van der Waals surface area contributed by atoms with Crippen LogP contribution in [0.3, 0.4) is 0 Å². The standard InChI is InChI=1S/C22H16INO/c23-20-13-7-6-12-19(20)22(25)24-15-14-16-8-4-5-11-18(16)21(24)17-9-2-1-3-10-17/h1-15,21H. The number of benzene rings is 3. The average molecular weight is 437 g/mol. The fourth-order valence-electron chi connectivity index (χ4n) is 3.24. The van der Waals surface area contributed by atoms with Crippen molar-refractivity contribution in [3.63, 3.8) is 0 Å². The zero-order valence-electron chi connectivity index (χ0n) is 13.5. The molecule has 4 rings (SSSR count). The highest BCUT2D eigenvalue weighted by molar-refractivity contribution is 14.1. The van der Waals surface area contributed by atoms with Crippen LogP contribution in [0.2, 0.25) is 0 Å². The van der Waals surface area contributed by atoms with Crippen molar-refractivity contribution in [2.24, 2.45) is 0 Å². The third-order valence-electron chi connectivity index (χ3n) is 4.44. The predicted molar refractivity (Wildman–Crippen MR) is 109 cm³/mol. The smallest absolute Gasteiger partial charge is 0.259 e. The van der Waals surface area contributed by atoms with Gasteiger partial charge in [-0.3, -0.25) is 4.79 Å². The predicted octanol–water partition coefficient (Wildman–Crippen LogP) is 5.51. The molecule has 3 aromatic carbocycles. The molecular formula is C22H16INO. The molecule has 0 aromatic heterocycles. The van der Waals surface area contributed by atoms with Gasteiger partial charge in [0.1, 0.15) is 0 Å². The minimum atomic E-state index is -0.120. The van der Waals surface area contributed by atoms with Crippen LogP contribution in [0.5, 0.6) is 0 Å². The Kier molecular flexibility index (Phi) is 4.40. The molecule has 0 saturated heterocycles. The molecule has 0 bridgehead atoms. The summed E-state index contributed by atoms with van der Waals surface area (Å²) in [5.74, 6) is 0.0182. The zero-order chi connectivity index (χ0) is 17.2. The Hall–Kier alpha value is -2.40. The van der Waals surface area contributed by atoms with Crippen LogP contribution in [0.25, 0.3) is 6.08 Å². The number of hydrogen-bond acceptors (Lipinski definition) is 1. The van der Waals surface area contributed by atoms with Gasteiger partial charge >= 0.3 is 0 Å². The van der Waals surface area contributed by atoms with E-state index in [1.807, 2.05) is 71.8 Å². The molecule has 0 N–H and O–H groups in total. The van der Waals surface area contributed by atoms with Crippen LogP contribution in [0.15, 0.2) is 85.1 Å². The second kappa shape index (κ2) is 6.84. The summed E-state index contributed by atoms with van der Waals surface area (Å²) in [6.45, 7) is 0. The van der Waals surface area contributed by atoms with Crippen molar-refractivity contribution in [1.29, 1.82) is 0 Å². The van der Waals surface area contributed by atoms with Gasteiger partial charge in [0.15, 0.2) is 0 Å². The van der Waals surface area contributed by atoms with Crippen molar-refractivity contribution >= 4 is 34.6 Å². The second-order valence-electron chi connectivity index (χ2n) is 5.95. The first-order valence-corrected chi connectivity index (χ1v) is 9.23. The third kappa shape index (κ3) is 3.00. The van der Waals surface area contributed by atoms with Crippen LogP contribution >= 0.6 is 22.6 Å². The minimum Gasteiger partial charge on any atom is -0.303 e.